The Balaban J connectivity index is 2.01. The van der Waals surface area contributed by atoms with Crippen LogP contribution in [0.4, 0.5) is 0 Å². The van der Waals surface area contributed by atoms with Crippen LogP contribution in [0.1, 0.15) is 25.3 Å². The smallest absolute Gasteiger partial charge is 0.0897 e. The predicted octanol–water partition coefficient (Wildman–Crippen LogP) is 3.21. The Morgan fingerprint density at radius 1 is 0.905 bits per heavy atom. The van der Waals surface area contributed by atoms with Gasteiger partial charge in [0, 0.05) is 27.8 Å². The number of nitrogens with zero attached hydrogens (tertiary/aromatic N) is 1. The number of nitrogens with two attached hydrogens (primary N) is 1. The summed E-state index contributed by atoms with van der Waals surface area (Å²) in [4.78, 5) is 0. The molecule has 3 nitrogen and oxygen atoms in total. The average Bonchev–Trinajstić information content (AvgIpc) is 2.85. The van der Waals surface area contributed by atoms with Crippen molar-refractivity contribution in [2.75, 3.05) is 0 Å². The van der Waals surface area contributed by atoms with Crippen LogP contribution in [0.5, 0.6) is 0 Å². The second-order valence-electron chi connectivity index (χ2n) is 6.06. The molecule has 1 saturated carbocycles. The van der Waals surface area contributed by atoms with E-state index in [9.17, 15) is 5.11 Å². The van der Waals surface area contributed by atoms with E-state index in [1.54, 1.807) is 0 Å². The Labute approximate surface area is 124 Å². The van der Waals surface area contributed by atoms with Crippen LogP contribution >= 0.6 is 0 Å². The number of aliphatic hydroxyl groups excluding tert-OH is 1. The monoisotopic (exact) mass is 280 g/mol. The van der Waals surface area contributed by atoms with E-state index >= 15 is 0 Å². The molecule has 21 heavy (non-hydrogen) atoms. The number of aromatic nitrogens is 1. The minimum atomic E-state index is -0.474. The SMILES string of the molecule is NC1CCCC(n2c3ccccc3c3ccccc32)C1O. The van der Waals surface area contributed by atoms with Crippen molar-refractivity contribution in [3.05, 3.63) is 48.5 Å². The van der Waals surface area contributed by atoms with E-state index in [2.05, 4.69) is 53.1 Å². The molecule has 0 bridgehead atoms. The zero-order valence-electron chi connectivity index (χ0n) is 11.9. The molecule has 1 aliphatic rings. The van der Waals surface area contributed by atoms with Crippen LogP contribution in [-0.2, 0) is 0 Å². The van der Waals surface area contributed by atoms with Gasteiger partial charge in [-0.1, -0.05) is 36.4 Å². The first kappa shape index (κ1) is 12.9. The largest absolute Gasteiger partial charge is 0.389 e. The zero-order valence-corrected chi connectivity index (χ0v) is 11.9. The molecular formula is C18H20N2O. The van der Waals surface area contributed by atoms with Crippen molar-refractivity contribution in [1.82, 2.24) is 4.57 Å². The Morgan fingerprint density at radius 2 is 1.48 bits per heavy atom. The van der Waals surface area contributed by atoms with Crippen LogP contribution in [-0.4, -0.2) is 21.8 Å². The van der Waals surface area contributed by atoms with Crippen molar-refractivity contribution in [2.24, 2.45) is 5.73 Å². The molecule has 0 aliphatic heterocycles. The molecule has 2 aromatic carbocycles. The van der Waals surface area contributed by atoms with Gasteiger partial charge in [0.05, 0.1) is 12.1 Å². The Morgan fingerprint density at radius 3 is 2.10 bits per heavy atom. The highest BCUT2D eigenvalue weighted by Crippen LogP contribution is 2.37. The van der Waals surface area contributed by atoms with Gasteiger partial charge in [0.2, 0.25) is 0 Å². The van der Waals surface area contributed by atoms with Crippen LogP contribution in [0.3, 0.4) is 0 Å². The Bertz CT molecular complexity index is 739. The van der Waals surface area contributed by atoms with Crippen LogP contribution in [0.2, 0.25) is 0 Å². The van der Waals surface area contributed by atoms with Crippen molar-refractivity contribution in [1.29, 1.82) is 0 Å². The van der Waals surface area contributed by atoms with Gasteiger partial charge in [0.1, 0.15) is 0 Å². The highest BCUT2D eigenvalue weighted by molar-refractivity contribution is 6.08. The first-order valence-electron chi connectivity index (χ1n) is 7.68. The Hall–Kier alpha value is -1.84. The molecule has 3 atom stereocenters. The molecule has 1 heterocycles. The summed E-state index contributed by atoms with van der Waals surface area (Å²) in [5.74, 6) is 0. The quantitative estimate of drug-likeness (QED) is 0.719. The van der Waals surface area contributed by atoms with E-state index in [1.807, 2.05) is 0 Å². The van der Waals surface area contributed by atoms with Gasteiger partial charge in [0.15, 0.2) is 0 Å². The molecule has 3 unspecified atom stereocenters. The highest BCUT2D eigenvalue weighted by atomic mass is 16.3. The fraction of sp³-hybridized carbons (Fsp3) is 0.333. The lowest BCUT2D eigenvalue weighted by Crippen LogP contribution is -2.44. The number of rotatable bonds is 1. The first-order valence-corrected chi connectivity index (χ1v) is 7.68. The zero-order chi connectivity index (χ0) is 14.4. The van der Waals surface area contributed by atoms with Crippen LogP contribution < -0.4 is 5.73 Å². The first-order chi connectivity index (χ1) is 10.3. The predicted molar refractivity (Wildman–Crippen MR) is 86.3 cm³/mol. The van der Waals surface area contributed by atoms with E-state index in [0.717, 1.165) is 19.3 Å². The number of hydrogen-bond donors (Lipinski definition) is 2. The van der Waals surface area contributed by atoms with Gasteiger partial charge in [-0.15, -0.1) is 0 Å². The van der Waals surface area contributed by atoms with Crippen LogP contribution in [0.15, 0.2) is 48.5 Å². The summed E-state index contributed by atoms with van der Waals surface area (Å²) in [5, 5.41) is 13.1. The van der Waals surface area contributed by atoms with Crippen molar-refractivity contribution < 1.29 is 5.11 Å². The number of hydrogen-bond acceptors (Lipinski definition) is 2. The third-order valence-corrected chi connectivity index (χ3v) is 4.82. The van der Waals surface area contributed by atoms with Crippen LogP contribution in [0, 0.1) is 0 Å². The van der Waals surface area contributed by atoms with Gasteiger partial charge in [-0.2, -0.15) is 0 Å². The van der Waals surface area contributed by atoms with Gasteiger partial charge in [-0.3, -0.25) is 0 Å². The molecule has 1 fully saturated rings. The van der Waals surface area contributed by atoms with Crippen LogP contribution in [0.25, 0.3) is 21.8 Å². The second kappa shape index (κ2) is 4.86. The number of benzene rings is 2. The summed E-state index contributed by atoms with van der Waals surface area (Å²) < 4.78 is 2.30. The maximum Gasteiger partial charge on any atom is 0.0897 e. The lowest BCUT2D eigenvalue weighted by Gasteiger charge is -2.34. The minimum absolute atomic E-state index is 0.0681. The Kier molecular flexibility index (Phi) is 2.98. The average molecular weight is 280 g/mol. The number of fused-ring (bicyclic) bond motifs is 3. The standard InChI is InChI=1S/C18H20N2O/c19-14-8-5-11-17(18(14)21)20-15-9-3-1-6-12(15)13-7-2-4-10-16(13)20/h1-4,6-7,9-10,14,17-18,21H,5,8,11,19H2. The topological polar surface area (TPSA) is 51.2 Å². The fourth-order valence-electron chi connectivity index (χ4n) is 3.78. The molecule has 1 aliphatic carbocycles. The number of aliphatic hydroxyl groups is 1. The summed E-state index contributed by atoms with van der Waals surface area (Å²) >= 11 is 0. The van der Waals surface area contributed by atoms with E-state index in [-0.39, 0.29) is 12.1 Å². The minimum Gasteiger partial charge on any atom is -0.389 e. The van der Waals surface area contributed by atoms with Crippen molar-refractivity contribution in [3.8, 4) is 0 Å². The second-order valence-corrected chi connectivity index (χ2v) is 6.06. The van der Waals surface area contributed by atoms with Gasteiger partial charge in [-0.25, -0.2) is 0 Å². The summed E-state index contributed by atoms with van der Waals surface area (Å²) in [6.45, 7) is 0. The lowest BCUT2D eigenvalue weighted by atomic mass is 9.88. The molecule has 1 aromatic heterocycles. The lowest BCUT2D eigenvalue weighted by molar-refractivity contribution is 0.0606. The van der Waals surface area contributed by atoms with E-state index in [0.29, 0.717) is 0 Å². The van der Waals surface area contributed by atoms with Gasteiger partial charge in [-0.05, 0) is 31.4 Å². The van der Waals surface area contributed by atoms with E-state index in [4.69, 9.17) is 5.73 Å². The van der Waals surface area contributed by atoms with Crippen molar-refractivity contribution in [2.45, 2.75) is 37.5 Å². The third-order valence-electron chi connectivity index (χ3n) is 4.82. The van der Waals surface area contributed by atoms with Gasteiger partial charge >= 0.3 is 0 Å². The third kappa shape index (κ3) is 1.88. The molecule has 4 rings (SSSR count). The highest BCUT2D eigenvalue weighted by Gasteiger charge is 2.32. The molecule has 0 radical (unpaired) electrons. The van der Waals surface area contributed by atoms with E-state index in [1.165, 1.54) is 21.8 Å². The van der Waals surface area contributed by atoms with Gasteiger partial charge < -0.3 is 15.4 Å². The molecule has 3 heteroatoms. The molecule has 3 aromatic rings. The normalized spacial score (nSPS) is 26.5. The summed E-state index contributed by atoms with van der Waals surface area (Å²) in [5.41, 5.74) is 8.48. The van der Waals surface area contributed by atoms with Gasteiger partial charge in [0.25, 0.3) is 0 Å². The fourth-order valence-corrected chi connectivity index (χ4v) is 3.78. The molecular weight excluding hydrogens is 260 g/mol. The molecule has 3 N–H and O–H groups in total. The molecule has 0 saturated heterocycles. The summed E-state index contributed by atoms with van der Waals surface area (Å²) in [6.07, 6.45) is 2.49. The summed E-state index contributed by atoms with van der Waals surface area (Å²) in [6, 6.07) is 16.8. The van der Waals surface area contributed by atoms with Crippen molar-refractivity contribution >= 4 is 21.8 Å². The maximum atomic E-state index is 10.6. The molecule has 0 amide bonds. The summed E-state index contributed by atoms with van der Waals surface area (Å²) in [7, 11) is 0. The molecule has 0 spiro atoms. The van der Waals surface area contributed by atoms with Crippen molar-refractivity contribution in [3.63, 3.8) is 0 Å². The van der Waals surface area contributed by atoms with E-state index < -0.39 is 6.10 Å². The number of para-hydroxylation sites is 2. The molecule has 108 valence electrons. The maximum absolute atomic E-state index is 10.6.